The largest absolute Gasteiger partial charge is 0.444 e. The second-order valence-corrected chi connectivity index (χ2v) is 7.29. The predicted molar refractivity (Wildman–Crippen MR) is 119 cm³/mol. The van der Waals surface area contributed by atoms with Gasteiger partial charge in [-0.3, -0.25) is 19.4 Å². The summed E-state index contributed by atoms with van der Waals surface area (Å²) in [6, 6.07) is 18.0. The quantitative estimate of drug-likeness (QED) is 0.610. The Kier molecular flexibility index (Phi) is 8.00. The van der Waals surface area contributed by atoms with E-state index in [9.17, 15) is 14.4 Å². The number of benzene rings is 2. The number of carbonyl (C=O) groups excluding carboxylic acids is 3. The Labute approximate surface area is 189 Å². The minimum Gasteiger partial charge on any atom is -0.444 e. The van der Waals surface area contributed by atoms with Crippen LogP contribution >= 0.6 is 15.9 Å². The first-order valence-electron chi connectivity index (χ1n) is 9.64. The van der Waals surface area contributed by atoms with Crippen molar-refractivity contribution in [1.82, 2.24) is 15.1 Å². The van der Waals surface area contributed by atoms with E-state index in [0.717, 1.165) is 11.1 Å². The molecule has 1 N–H and O–H groups in total. The fourth-order valence-corrected chi connectivity index (χ4v) is 3.07. The first-order chi connectivity index (χ1) is 15.1. The summed E-state index contributed by atoms with van der Waals surface area (Å²) < 4.78 is 5.28. The highest BCUT2D eigenvalue weighted by Gasteiger charge is 2.26. The molecular formula is C23H22BrN3O4. The lowest BCUT2D eigenvalue weighted by Crippen LogP contribution is -2.48. The fourth-order valence-electron chi connectivity index (χ4n) is 2.91. The third kappa shape index (κ3) is 6.55. The highest BCUT2D eigenvalue weighted by Crippen LogP contribution is 2.12. The van der Waals surface area contributed by atoms with Crippen LogP contribution in [0, 0.1) is 0 Å². The average Bonchev–Trinajstić information content (AvgIpc) is 2.83. The van der Waals surface area contributed by atoms with Crippen molar-refractivity contribution in [2.45, 2.75) is 19.1 Å². The maximum Gasteiger partial charge on any atom is 0.418 e. The van der Waals surface area contributed by atoms with E-state index in [1.165, 1.54) is 34.6 Å². The lowest BCUT2D eigenvalue weighted by Gasteiger charge is -2.26. The van der Waals surface area contributed by atoms with E-state index in [4.69, 9.17) is 4.74 Å². The monoisotopic (exact) mass is 483 g/mol. The molecule has 0 aromatic heterocycles. The third-order valence-electron chi connectivity index (χ3n) is 4.48. The lowest BCUT2D eigenvalue weighted by molar-refractivity contribution is -0.132. The number of hydrogen-bond donors (Lipinski definition) is 1. The molecule has 7 nitrogen and oxygen atoms in total. The van der Waals surface area contributed by atoms with Gasteiger partial charge in [0.15, 0.2) is 0 Å². The lowest BCUT2D eigenvalue weighted by atomic mass is 10.0. The summed E-state index contributed by atoms with van der Waals surface area (Å²) in [5.41, 5.74) is 1.80. The molecule has 1 aliphatic heterocycles. The van der Waals surface area contributed by atoms with Crippen LogP contribution in [0.15, 0.2) is 85.5 Å². The number of alkyl halides is 1. The minimum atomic E-state index is -0.752. The van der Waals surface area contributed by atoms with Gasteiger partial charge in [-0.2, -0.15) is 0 Å². The highest BCUT2D eigenvalue weighted by molar-refractivity contribution is 9.09. The van der Waals surface area contributed by atoms with Crippen molar-refractivity contribution in [3.8, 4) is 0 Å². The zero-order valence-electron chi connectivity index (χ0n) is 16.7. The van der Waals surface area contributed by atoms with Gasteiger partial charge in [0.2, 0.25) is 5.91 Å². The summed E-state index contributed by atoms with van der Waals surface area (Å²) in [5.74, 6) is -0.603. The molecule has 0 unspecified atom stereocenters. The molecule has 160 valence electrons. The molecule has 0 saturated heterocycles. The SMILES string of the molecule is O=C(CBr)N[C@H](Cc1ccccc1)C(=O)N1C=CN(C(=O)OCc2ccccc2)C=C1. The molecule has 1 atom stereocenters. The summed E-state index contributed by atoms with van der Waals surface area (Å²) >= 11 is 3.11. The van der Waals surface area contributed by atoms with Crippen molar-refractivity contribution in [2.24, 2.45) is 0 Å². The van der Waals surface area contributed by atoms with Gasteiger partial charge < -0.3 is 10.1 Å². The van der Waals surface area contributed by atoms with Crippen molar-refractivity contribution in [3.05, 3.63) is 96.6 Å². The second-order valence-electron chi connectivity index (χ2n) is 6.73. The van der Waals surface area contributed by atoms with Crippen LogP contribution < -0.4 is 5.32 Å². The number of ether oxygens (including phenoxy) is 1. The van der Waals surface area contributed by atoms with Gasteiger partial charge in [0.05, 0.1) is 5.33 Å². The van der Waals surface area contributed by atoms with Crippen LogP contribution in [0.3, 0.4) is 0 Å². The van der Waals surface area contributed by atoms with E-state index < -0.39 is 12.1 Å². The Morgan fingerprint density at radius 2 is 1.39 bits per heavy atom. The Hall–Kier alpha value is -3.39. The van der Waals surface area contributed by atoms with Crippen molar-refractivity contribution in [1.29, 1.82) is 0 Å². The number of amides is 3. The number of carbonyl (C=O) groups is 3. The molecule has 2 aromatic rings. The molecule has 0 spiro atoms. The highest BCUT2D eigenvalue weighted by atomic mass is 79.9. The fraction of sp³-hybridized carbons (Fsp3) is 0.174. The zero-order valence-corrected chi connectivity index (χ0v) is 18.3. The van der Waals surface area contributed by atoms with Gasteiger partial charge in [0, 0.05) is 31.2 Å². The van der Waals surface area contributed by atoms with Crippen LogP contribution in [-0.2, 0) is 27.4 Å². The smallest absolute Gasteiger partial charge is 0.418 e. The van der Waals surface area contributed by atoms with Crippen LogP contribution in [-0.4, -0.2) is 39.1 Å². The predicted octanol–water partition coefficient (Wildman–Crippen LogP) is 3.53. The maximum atomic E-state index is 13.0. The van der Waals surface area contributed by atoms with Crippen molar-refractivity contribution >= 4 is 33.8 Å². The third-order valence-corrected chi connectivity index (χ3v) is 4.99. The molecule has 2 aromatic carbocycles. The van der Waals surface area contributed by atoms with Crippen LogP contribution in [0.1, 0.15) is 11.1 Å². The van der Waals surface area contributed by atoms with Gasteiger partial charge >= 0.3 is 6.09 Å². The van der Waals surface area contributed by atoms with Crippen molar-refractivity contribution in [3.63, 3.8) is 0 Å². The first kappa shape index (κ1) is 22.3. The van der Waals surface area contributed by atoms with Crippen LogP contribution in [0.5, 0.6) is 0 Å². The van der Waals surface area contributed by atoms with Gasteiger partial charge in [-0.1, -0.05) is 76.6 Å². The molecular weight excluding hydrogens is 462 g/mol. The Morgan fingerprint density at radius 3 is 1.97 bits per heavy atom. The maximum absolute atomic E-state index is 13.0. The second kappa shape index (κ2) is 11.1. The van der Waals surface area contributed by atoms with Gasteiger partial charge in [-0.05, 0) is 11.1 Å². The molecule has 0 aliphatic carbocycles. The van der Waals surface area contributed by atoms with Crippen LogP contribution in [0.25, 0.3) is 0 Å². The summed E-state index contributed by atoms with van der Waals surface area (Å²) in [4.78, 5) is 39.7. The van der Waals surface area contributed by atoms with E-state index in [0.29, 0.717) is 6.42 Å². The van der Waals surface area contributed by atoms with Gasteiger partial charge in [0.1, 0.15) is 12.6 Å². The van der Waals surface area contributed by atoms with Crippen molar-refractivity contribution in [2.75, 3.05) is 5.33 Å². The number of hydrogen-bond acceptors (Lipinski definition) is 4. The number of nitrogens with zero attached hydrogens (tertiary/aromatic N) is 2. The molecule has 31 heavy (non-hydrogen) atoms. The molecule has 0 bridgehead atoms. The topological polar surface area (TPSA) is 79.0 Å². The summed E-state index contributed by atoms with van der Waals surface area (Å²) in [7, 11) is 0. The van der Waals surface area contributed by atoms with E-state index in [-0.39, 0.29) is 23.8 Å². The molecule has 1 heterocycles. The van der Waals surface area contributed by atoms with Gasteiger partial charge in [-0.15, -0.1) is 0 Å². The Morgan fingerprint density at radius 1 is 0.839 bits per heavy atom. The van der Waals surface area contributed by atoms with Gasteiger partial charge in [-0.25, -0.2) is 4.79 Å². The summed E-state index contributed by atoms with van der Waals surface area (Å²) in [6.07, 6.45) is 5.60. The van der Waals surface area contributed by atoms with E-state index in [2.05, 4.69) is 21.2 Å². The summed E-state index contributed by atoms with van der Waals surface area (Å²) in [6.45, 7) is 0.151. The molecule has 0 fully saturated rings. The minimum absolute atomic E-state index is 0.0955. The Bertz CT molecular complexity index is 949. The van der Waals surface area contributed by atoms with E-state index >= 15 is 0 Å². The van der Waals surface area contributed by atoms with Crippen LogP contribution in [0.2, 0.25) is 0 Å². The molecule has 3 rings (SSSR count). The number of nitrogens with one attached hydrogen (secondary N) is 1. The Balaban J connectivity index is 1.60. The first-order valence-corrected chi connectivity index (χ1v) is 10.8. The molecule has 1 aliphatic rings. The normalized spacial score (nSPS) is 13.6. The molecule has 8 heteroatoms. The standard InChI is InChI=1S/C23H22BrN3O4/c24-16-21(28)25-20(15-18-7-3-1-4-8-18)22(29)26-11-13-27(14-12-26)23(30)31-17-19-9-5-2-6-10-19/h1-14,20H,15-17H2,(H,25,28)/t20-/m1/s1. The molecule has 0 radical (unpaired) electrons. The van der Waals surface area contributed by atoms with Gasteiger partial charge in [0.25, 0.3) is 5.91 Å². The molecule has 3 amide bonds. The molecule has 0 saturated carbocycles. The van der Waals surface area contributed by atoms with Crippen molar-refractivity contribution < 1.29 is 19.1 Å². The number of halogens is 1. The van der Waals surface area contributed by atoms with Crippen LogP contribution in [0.4, 0.5) is 4.79 Å². The van der Waals surface area contributed by atoms with E-state index in [1.807, 2.05) is 60.7 Å². The average molecular weight is 484 g/mol. The number of rotatable bonds is 7. The zero-order chi connectivity index (χ0) is 22.1. The van der Waals surface area contributed by atoms with E-state index in [1.54, 1.807) is 0 Å². The summed E-state index contributed by atoms with van der Waals surface area (Å²) in [5, 5.41) is 2.83.